The predicted molar refractivity (Wildman–Crippen MR) is 145 cm³/mol. The maximum absolute atomic E-state index is 11.8. The van der Waals surface area contributed by atoms with Crippen molar-refractivity contribution in [2.75, 3.05) is 21.3 Å². The molecule has 3 aromatic rings. The van der Waals surface area contributed by atoms with Crippen LogP contribution < -0.4 is 23.7 Å². The Morgan fingerprint density at radius 3 is 1.56 bits per heavy atom. The lowest BCUT2D eigenvalue weighted by molar-refractivity contribution is -0.107. The fraction of sp³-hybridized carbons (Fsp3) is 0.100. The van der Waals surface area contributed by atoms with E-state index in [1.807, 2.05) is 0 Å². The molecule has 0 fully saturated rings. The number of rotatable bonds is 13. The zero-order chi connectivity index (χ0) is 28.2. The van der Waals surface area contributed by atoms with Crippen LogP contribution in [0.5, 0.6) is 34.5 Å². The molecule has 9 nitrogen and oxygen atoms in total. The van der Waals surface area contributed by atoms with Crippen LogP contribution in [-0.2, 0) is 14.4 Å². The Balaban J connectivity index is 1.85. The van der Waals surface area contributed by atoms with Gasteiger partial charge >= 0.3 is 0 Å². The third-order valence-corrected chi connectivity index (χ3v) is 5.25. The number of methoxy groups -OCH3 is 3. The summed E-state index contributed by atoms with van der Waals surface area (Å²) in [6, 6.07) is 14.4. The van der Waals surface area contributed by atoms with E-state index in [1.165, 1.54) is 45.6 Å². The van der Waals surface area contributed by atoms with Gasteiger partial charge in [0, 0.05) is 0 Å². The fourth-order valence-corrected chi connectivity index (χ4v) is 3.42. The SMILES string of the molecule is COc1cc(/C=C(/C=O)Oc2ccc(/C=C(/C=O)Oc3ccc(/C=C/C=O)cc3OC)cc2OC)ccc1O. The van der Waals surface area contributed by atoms with Gasteiger partial charge < -0.3 is 28.8 Å². The number of phenols is 1. The molecular weight excluding hydrogens is 504 g/mol. The number of aldehydes is 3. The molecule has 0 amide bonds. The van der Waals surface area contributed by atoms with Gasteiger partial charge in [0.05, 0.1) is 21.3 Å². The Bertz CT molecular complexity index is 1430. The Labute approximate surface area is 225 Å². The van der Waals surface area contributed by atoms with Gasteiger partial charge in [-0.15, -0.1) is 0 Å². The largest absolute Gasteiger partial charge is 0.504 e. The first-order chi connectivity index (χ1) is 18.9. The maximum Gasteiger partial charge on any atom is 0.185 e. The van der Waals surface area contributed by atoms with E-state index in [-0.39, 0.29) is 28.8 Å². The summed E-state index contributed by atoms with van der Waals surface area (Å²) in [5.41, 5.74) is 1.85. The number of benzene rings is 3. The highest BCUT2D eigenvalue weighted by molar-refractivity contribution is 5.82. The van der Waals surface area contributed by atoms with Gasteiger partial charge in [-0.25, -0.2) is 0 Å². The number of carbonyl (C=O) groups excluding carboxylic acids is 3. The van der Waals surface area contributed by atoms with Crippen molar-refractivity contribution in [1.29, 1.82) is 0 Å². The molecule has 0 aliphatic rings. The lowest BCUT2D eigenvalue weighted by Crippen LogP contribution is -2.00. The van der Waals surface area contributed by atoms with Gasteiger partial charge in [0.1, 0.15) is 6.29 Å². The smallest absolute Gasteiger partial charge is 0.185 e. The summed E-state index contributed by atoms with van der Waals surface area (Å²) in [6.45, 7) is 0. The van der Waals surface area contributed by atoms with Crippen LogP contribution in [-0.4, -0.2) is 45.3 Å². The summed E-state index contributed by atoms with van der Waals surface area (Å²) < 4.78 is 27.3. The highest BCUT2D eigenvalue weighted by atomic mass is 16.5. The zero-order valence-corrected chi connectivity index (χ0v) is 21.5. The molecular formula is C30H26O9. The van der Waals surface area contributed by atoms with Crippen molar-refractivity contribution < 1.29 is 43.2 Å². The third kappa shape index (κ3) is 7.59. The first kappa shape index (κ1) is 28.3. The molecule has 0 aromatic heterocycles. The zero-order valence-electron chi connectivity index (χ0n) is 21.5. The topological polar surface area (TPSA) is 118 Å². The molecule has 0 saturated carbocycles. The maximum atomic E-state index is 11.8. The Morgan fingerprint density at radius 1 is 0.615 bits per heavy atom. The van der Waals surface area contributed by atoms with Crippen LogP contribution in [0.15, 0.2) is 72.2 Å². The van der Waals surface area contributed by atoms with Crippen LogP contribution in [0.4, 0.5) is 0 Å². The summed E-state index contributed by atoms with van der Waals surface area (Å²) in [6.07, 6.45) is 7.70. The van der Waals surface area contributed by atoms with Gasteiger partial charge in [0.15, 0.2) is 58.6 Å². The molecule has 0 aliphatic heterocycles. The van der Waals surface area contributed by atoms with E-state index in [0.717, 1.165) is 5.56 Å². The average Bonchev–Trinajstić information content (AvgIpc) is 2.97. The van der Waals surface area contributed by atoms with Gasteiger partial charge in [0.25, 0.3) is 0 Å². The number of aromatic hydroxyl groups is 1. The van der Waals surface area contributed by atoms with Crippen LogP contribution in [0.2, 0.25) is 0 Å². The fourth-order valence-electron chi connectivity index (χ4n) is 3.42. The van der Waals surface area contributed by atoms with Gasteiger partial charge in [-0.1, -0.05) is 24.3 Å². The molecule has 0 atom stereocenters. The van der Waals surface area contributed by atoms with Gasteiger partial charge in [-0.2, -0.15) is 0 Å². The lowest BCUT2D eigenvalue weighted by Gasteiger charge is -2.12. The van der Waals surface area contributed by atoms with Gasteiger partial charge in [0.2, 0.25) is 0 Å². The van der Waals surface area contributed by atoms with Crippen molar-refractivity contribution >= 4 is 37.1 Å². The molecule has 0 bridgehead atoms. The Kier molecular flexibility index (Phi) is 10.0. The molecule has 0 aliphatic carbocycles. The van der Waals surface area contributed by atoms with E-state index in [0.29, 0.717) is 47.2 Å². The molecule has 3 rings (SSSR count). The molecule has 200 valence electrons. The van der Waals surface area contributed by atoms with Gasteiger partial charge in [-0.3, -0.25) is 14.4 Å². The number of allylic oxidation sites excluding steroid dienone is 3. The Hall–Kier alpha value is -5.31. The average molecular weight is 531 g/mol. The first-order valence-corrected chi connectivity index (χ1v) is 11.5. The molecule has 0 spiro atoms. The van der Waals surface area contributed by atoms with Crippen molar-refractivity contribution in [3.8, 4) is 34.5 Å². The van der Waals surface area contributed by atoms with E-state index in [1.54, 1.807) is 54.6 Å². The highest BCUT2D eigenvalue weighted by Crippen LogP contribution is 2.33. The van der Waals surface area contributed by atoms with Crippen LogP contribution >= 0.6 is 0 Å². The van der Waals surface area contributed by atoms with Crippen molar-refractivity contribution in [1.82, 2.24) is 0 Å². The van der Waals surface area contributed by atoms with Crippen molar-refractivity contribution in [3.63, 3.8) is 0 Å². The number of ether oxygens (including phenoxy) is 5. The summed E-state index contributed by atoms with van der Waals surface area (Å²) in [4.78, 5) is 34.0. The monoisotopic (exact) mass is 530 g/mol. The number of hydrogen-bond acceptors (Lipinski definition) is 9. The number of phenolic OH excluding ortho intramolecular Hbond substituents is 1. The second kappa shape index (κ2) is 13.8. The number of carbonyl (C=O) groups is 3. The van der Waals surface area contributed by atoms with E-state index in [2.05, 4.69) is 0 Å². The predicted octanol–water partition coefficient (Wildman–Crippen LogP) is 4.87. The quantitative estimate of drug-likeness (QED) is 0.188. The Morgan fingerprint density at radius 2 is 1.08 bits per heavy atom. The third-order valence-electron chi connectivity index (χ3n) is 5.25. The van der Waals surface area contributed by atoms with E-state index < -0.39 is 0 Å². The second-order valence-corrected chi connectivity index (χ2v) is 7.78. The summed E-state index contributed by atoms with van der Waals surface area (Å²) in [5.74, 6) is 1.43. The molecule has 3 aromatic carbocycles. The molecule has 39 heavy (non-hydrogen) atoms. The van der Waals surface area contributed by atoms with E-state index >= 15 is 0 Å². The second-order valence-electron chi connectivity index (χ2n) is 7.78. The van der Waals surface area contributed by atoms with Crippen LogP contribution in [0, 0.1) is 0 Å². The molecule has 0 heterocycles. The molecule has 0 saturated heterocycles. The number of hydrogen-bond donors (Lipinski definition) is 1. The normalized spacial score (nSPS) is 11.6. The minimum atomic E-state index is -0.0330. The van der Waals surface area contributed by atoms with Crippen molar-refractivity contribution in [2.45, 2.75) is 0 Å². The van der Waals surface area contributed by atoms with E-state index in [4.69, 9.17) is 23.7 Å². The molecule has 0 unspecified atom stereocenters. The summed E-state index contributed by atoms with van der Waals surface area (Å²) in [7, 11) is 4.32. The molecule has 0 radical (unpaired) electrons. The summed E-state index contributed by atoms with van der Waals surface area (Å²) in [5, 5.41) is 9.77. The van der Waals surface area contributed by atoms with Crippen LogP contribution in [0.1, 0.15) is 16.7 Å². The molecule has 9 heteroatoms. The lowest BCUT2D eigenvalue weighted by atomic mass is 10.1. The standard InChI is InChI=1S/C30H26O9/c1-35-28-16-21(6-9-25(28)34)13-23(18-32)39-27-11-8-22(17-30(27)37-3)14-24(19-33)38-26-10-7-20(5-4-12-31)15-29(26)36-2/h4-19,34H,1-3H3/b5-4+,23-13-,24-14-. The minimum absolute atomic E-state index is 0.00467. The minimum Gasteiger partial charge on any atom is -0.504 e. The van der Waals surface area contributed by atoms with Crippen LogP contribution in [0.3, 0.4) is 0 Å². The molecule has 1 N–H and O–H groups in total. The summed E-state index contributed by atoms with van der Waals surface area (Å²) >= 11 is 0. The van der Waals surface area contributed by atoms with Crippen molar-refractivity contribution in [2.24, 2.45) is 0 Å². The van der Waals surface area contributed by atoms with Crippen LogP contribution in [0.25, 0.3) is 18.2 Å². The first-order valence-electron chi connectivity index (χ1n) is 11.5. The van der Waals surface area contributed by atoms with E-state index in [9.17, 15) is 19.5 Å². The van der Waals surface area contributed by atoms with Crippen molar-refractivity contribution in [3.05, 3.63) is 88.9 Å². The highest BCUT2D eigenvalue weighted by Gasteiger charge is 2.12. The van der Waals surface area contributed by atoms with Gasteiger partial charge in [-0.05, 0) is 71.3 Å².